The first-order chi connectivity index (χ1) is 10.9. The summed E-state index contributed by atoms with van der Waals surface area (Å²) in [4.78, 5) is 15.5. The van der Waals surface area contributed by atoms with E-state index in [0.29, 0.717) is 24.3 Å². The lowest BCUT2D eigenvalue weighted by molar-refractivity contribution is -0.163. The van der Waals surface area contributed by atoms with Gasteiger partial charge >= 0.3 is 11.7 Å². The summed E-state index contributed by atoms with van der Waals surface area (Å²) in [5, 5.41) is 10.3. The van der Waals surface area contributed by atoms with Gasteiger partial charge in [0.1, 0.15) is 5.60 Å². The van der Waals surface area contributed by atoms with Crippen molar-refractivity contribution >= 4 is 11.7 Å². The molecule has 0 bridgehead atoms. The van der Waals surface area contributed by atoms with Gasteiger partial charge in [-0.15, -0.1) is 0 Å². The van der Waals surface area contributed by atoms with Gasteiger partial charge in [0.2, 0.25) is 0 Å². The first kappa shape index (κ1) is 17.4. The second kappa shape index (κ2) is 7.07. The third-order valence-corrected chi connectivity index (χ3v) is 4.68. The number of carbonyl (C=O) groups excluding carboxylic acids is 1. The van der Waals surface area contributed by atoms with Crippen molar-refractivity contribution in [3.63, 3.8) is 0 Å². The third kappa shape index (κ3) is 4.06. The minimum atomic E-state index is -0.743. The fourth-order valence-corrected chi connectivity index (χ4v) is 3.32. The Morgan fingerprint density at radius 3 is 2.57 bits per heavy atom. The smallest absolute Gasteiger partial charge is 0.422 e. The Labute approximate surface area is 136 Å². The molecule has 0 aromatic heterocycles. The molecule has 1 aliphatic carbocycles. The number of aliphatic hydroxyl groups is 1. The van der Waals surface area contributed by atoms with E-state index in [2.05, 4.69) is 18.6 Å². The third-order valence-electron chi connectivity index (χ3n) is 4.68. The zero-order valence-electron chi connectivity index (χ0n) is 13.9. The molecular weight excluding hydrogens is 292 g/mol. The zero-order chi connectivity index (χ0) is 17.0. The molecular formula is C18H24N2O3. The molecule has 1 N–H and O–H groups in total. The Hall–Kier alpha value is -1.97. The molecule has 2 rings (SSSR count). The zero-order valence-corrected chi connectivity index (χ0v) is 13.9. The van der Waals surface area contributed by atoms with Gasteiger partial charge in [-0.05, 0) is 43.7 Å². The highest BCUT2D eigenvalue weighted by molar-refractivity contribution is 6.40. The second-order valence-electron chi connectivity index (χ2n) is 6.87. The van der Waals surface area contributed by atoms with E-state index in [9.17, 15) is 9.90 Å². The molecule has 3 atom stereocenters. The van der Waals surface area contributed by atoms with Crippen LogP contribution in [-0.4, -0.2) is 33.3 Å². The second-order valence-corrected chi connectivity index (χ2v) is 6.87. The van der Waals surface area contributed by atoms with E-state index >= 15 is 0 Å². The summed E-state index contributed by atoms with van der Waals surface area (Å²) in [6.07, 6.45) is 1.40. The molecule has 1 aromatic rings. The van der Waals surface area contributed by atoms with Crippen LogP contribution in [-0.2, 0) is 9.53 Å². The SMILES string of the molecule is CC(C)[C@@H]1CC[C@@](C)(OC(=O)C(=[N+]=[N-])c2ccccc2)C[C@H]1O. The topological polar surface area (TPSA) is 82.9 Å². The van der Waals surface area contributed by atoms with Gasteiger partial charge in [0.05, 0.1) is 11.7 Å². The van der Waals surface area contributed by atoms with Gasteiger partial charge in [-0.25, -0.2) is 4.79 Å². The fourth-order valence-electron chi connectivity index (χ4n) is 3.32. The van der Waals surface area contributed by atoms with Gasteiger partial charge in [-0.1, -0.05) is 32.0 Å². The molecule has 0 saturated heterocycles. The largest absolute Gasteiger partial charge is 0.450 e. The highest BCUT2D eigenvalue weighted by atomic mass is 16.6. The summed E-state index contributed by atoms with van der Waals surface area (Å²) in [5.74, 6) is -0.0533. The van der Waals surface area contributed by atoms with Crippen LogP contribution in [0.25, 0.3) is 5.53 Å². The van der Waals surface area contributed by atoms with Gasteiger partial charge in [0.25, 0.3) is 0 Å². The molecule has 0 unspecified atom stereocenters. The van der Waals surface area contributed by atoms with Crippen molar-refractivity contribution in [2.45, 2.75) is 51.7 Å². The molecule has 5 nitrogen and oxygen atoms in total. The number of nitrogens with zero attached hydrogens (tertiary/aromatic N) is 2. The number of carbonyl (C=O) groups is 1. The lowest BCUT2D eigenvalue weighted by Crippen LogP contribution is -2.45. The predicted octanol–water partition coefficient (Wildman–Crippen LogP) is 2.82. The maximum atomic E-state index is 12.4. The normalized spacial score (nSPS) is 27.3. The highest BCUT2D eigenvalue weighted by Crippen LogP contribution is 2.38. The Morgan fingerprint density at radius 1 is 1.39 bits per heavy atom. The van der Waals surface area contributed by atoms with E-state index in [1.165, 1.54) is 0 Å². The van der Waals surface area contributed by atoms with Crippen LogP contribution in [0.5, 0.6) is 0 Å². The van der Waals surface area contributed by atoms with Gasteiger partial charge in [-0.3, -0.25) is 0 Å². The van der Waals surface area contributed by atoms with Crippen LogP contribution in [0.4, 0.5) is 0 Å². The molecule has 0 heterocycles. The van der Waals surface area contributed by atoms with Crippen LogP contribution >= 0.6 is 0 Å². The molecule has 5 heteroatoms. The van der Waals surface area contributed by atoms with Crippen LogP contribution in [0, 0.1) is 11.8 Å². The molecule has 0 aliphatic heterocycles. The Kier molecular flexibility index (Phi) is 5.34. The van der Waals surface area contributed by atoms with E-state index in [1.807, 2.05) is 13.0 Å². The van der Waals surface area contributed by atoms with Crippen LogP contribution in [0.3, 0.4) is 0 Å². The molecule has 23 heavy (non-hydrogen) atoms. The maximum Gasteiger partial charge on any atom is 0.422 e. The lowest BCUT2D eigenvalue weighted by atomic mass is 9.73. The average molecular weight is 316 g/mol. The predicted molar refractivity (Wildman–Crippen MR) is 86.9 cm³/mol. The van der Waals surface area contributed by atoms with Crippen molar-refractivity contribution in [1.29, 1.82) is 0 Å². The maximum absolute atomic E-state index is 12.4. The Balaban J connectivity index is 2.09. The molecule has 0 amide bonds. The summed E-state index contributed by atoms with van der Waals surface area (Å²) in [6, 6.07) is 8.70. The van der Waals surface area contributed by atoms with E-state index in [0.717, 1.165) is 6.42 Å². The standard InChI is InChI=1S/C18H24N2O3/c1-12(2)14-9-10-18(3,11-15(14)21)23-17(22)16(20-19)13-7-5-4-6-8-13/h4-8,12,14-15,21H,9-11H2,1-3H3/t14-,15+,18+/m0/s1. The van der Waals surface area contributed by atoms with Gasteiger partial charge in [-0.2, -0.15) is 4.79 Å². The van der Waals surface area contributed by atoms with E-state index in [1.54, 1.807) is 24.3 Å². The Bertz CT molecular complexity index is 608. The number of rotatable bonds is 4. The van der Waals surface area contributed by atoms with Crippen molar-refractivity contribution in [2.24, 2.45) is 11.8 Å². The summed E-state index contributed by atoms with van der Waals surface area (Å²) >= 11 is 0. The van der Waals surface area contributed by atoms with Crippen LogP contribution in [0.15, 0.2) is 30.3 Å². The molecule has 0 radical (unpaired) electrons. The van der Waals surface area contributed by atoms with E-state index in [4.69, 9.17) is 10.3 Å². The monoisotopic (exact) mass is 316 g/mol. The summed E-state index contributed by atoms with van der Waals surface area (Å²) in [7, 11) is 0. The number of ether oxygens (including phenoxy) is 1. The van der Waals surface area contributed by atoms with E-state index in [-0.39, 0.29) is 11.6 Å². The molecule has 1 aromatic carbocycles. The summed E-state index contributed by atoms with van der Waals surface area (Å²) in [5.41, 5.74) is 8.81. The number of esters is 1. The van der Waals surface area contributed by atoms with Crippen LogP contribution < -0.4 is 0 Å². The lowest BCUT2D eigenvalue weighted by Gasteiger charge is -2.41. The van der Waals surface area contributed by atoms with Crippen LogP contribution in [0.1, 0.15) is 45.6 Å². The molecule has 1 fully saturated rings. The molecule has 1 saturated carbocycles. The molecule has 1 aliphatic rings. The summed E-state index contributed by atoms with van der Waals surface area (Å²) < 4.78 is 5.60. The fraction of sp³-hybridized carbons (Fsp3) is 0.556. The number of hydrogen-bond acceptors (Lipinski definition) is 3. The minimum absolute atomic E-state index is 0.118. The molecule has 0 spiro atoms. The van der Waals surface area contributed by atoms with Crippen molar-refractivity contribution in [3.05, 3.63) is 41.4 Å². The Morgan fingerprint density at radius 2 is 2.04 bits per heavy atom. The van der Waals surface area contributed by atoms with Gasteiger partial charge < -0.3 is 15.4 Å². The summed E-state index contributed by atoms with van der Waals surface area (Å²) in [6.45, 7) is 6.01. The van der Waals surface area contributed by atoms with Crippen molar-refractivity contribution in [3.8, 4) is 0 Å². The first-order valence-corrected chi connectivity index (χ1v) is 8.05. The first-order valence-electron chi connectivity index (χ1n) is 8.05. The van der Waals surface area contributed by atoms with Crippen molar-refractivity contribution in [2.75, 3.05) is 0 Å². The number of aliphatic hydroxyl groups excluding tert-OH is 1. The van der Waals surface area contributed by atoms with Gasteiger partial charge in [0, 0.05) is 6.42 Å². The minimum Gasteiger partial charge on any atom is -0.450 e. The van der Waals surface area contributed by atoms with Crippen molar-refractivity contribution in [1.82, 2.24) is 0 Å². The number of hydrogen-bond donors (Lipinski definition) is 1. The highest BCUT2D eigenvalue weighted by Gasteiger charge is 2.42. The van der Waals surface area contributed by atoms with E-state index < -0.39 is 17.7 Å². The number of benzene rings is 1. The van der Waals surface area contributed by atoms with Gasteiger partial charge in [0.15, 0.2) is 0 Å². The van der Waals surface area contributed by atoms with Crippen LogP contribution in [0.2, 0.25) is 0 Å². The quantitative estimate of drug-likeness (QED) is 0.401. The molecule has 124 valence electrons. The average Bonchev–Trinajstić information content (AvgIpc) is 2.48. The van der Waals surface area contributed by atoms with Crippen molar-refractivity contribution < 1.29 is 19.4 Å².